The van der Waals surface area contributed by atoms with E-state index in [1.807, 2.05) is 0 Å². The number of nitrogens with two attached hydrogens (primary N) is 1. The molecule has 0 aliphatic rings. The van der Waals surface area contributed by atoms with Gasteiger partial charge in [-0.3, -0.25) is 0 Å². The fourth-order valence-electron chi connectivity index (χ4n) is 2.61. The Morgan fingerprint density at radius 3 is 2.45 bits per heavy atom. The molecule has 0 radical (unpaired) electrons. The topological polar surface area (TPSA) is 85.8 Å². The van der Waals surface area contributed by atoms with E-state index in [2.05, 4.69) is 19.9 Å². The first-order chi connectivity index (χ1) is 13.6. The van der Waals surface area contributed by atoms with Crippen LogP contribution in [0.1, 0.15) is 18.0 Å². The number of hydrogen-bond donors (Lipinski definition) is 1. The molecule has 3 rings (SSSR count). The number of anilines is 2. The summed E-state index contributed by atoms with van der Waals surface area (Å²) < 4.78 is 40.9. The third-order valence-corrected chi connectivity index (χ3v) is 5.03. The number of nitrogen functional groups attached to an aromatic ring is 1. The summed E-state index contributed by atoms with van der Waals surface area (Å²) in [5, 5.41) is -0.170. The lowest BCUT2D eigenvalue weighted by atomic mass is 10.2. The molecular formula is C18H20F3N7S. The van der Waals surface area contributed by atoms with Crippen molar-refractivity contribution in [3.05, 3.63) is 42.4 Å². The van der Waals surface area contributed by atoms with E-state index < -0.39 is 18.0 Å². The van der Waals surface area contributed by atoms with Crippen LogP contribution in [0, 0.1) is 0 Å². The predicted octanol–water partition coefficient (Wildman–Crippen LogP) is 3.80. The van der Waals surface area contributed by atoms with Crippen LogP contribution >= 0.6 is 11.8 Å². The molecule has 1 atom stereocenters. The van der Waals surface area contributed by atoms with Crippen molar-refractivity contribution in [1.29, 1.82) is 0 Å². The van der Waals surface area contributed by atoms with E-state index in [9.17, 15) is 13.2 Å². The zero-order valence-electron chi connectivity index (χ0n) is 16.1. The molecule has 3 aromatic rings. The van der Waals surface area contributed by atoms with Gasteiger partial charge in [0.2, 0.25) is 11.9 Å². The third kappa shape index (κ3) is 5.17. The highest BCUT2D eigenvalue weighted by Gasteiger charge is 2.31. The quantitative estimate of drug-likeness (QED) is 0.604. The van der Waals surface area contributed by atoms with Gasteiger partial charge in [-0.15, -0.1) is 0 Å². The van der Waals surface area contributed by atoms with Crippen LogP contribution in [0.3, 0.4) is 0 Å². The van der Waals surface area contributed by atoms with Gasteiger partial charge in [0.25, 0.3) is 0 Å². The van der Waals surface area contributed by atoms with Crippen LogP contribution < -0.4 is 10.6 Å². The zero-order chi connectivity index (χ0) is 21.2. The van der Waals surface area contributed by atoms with Crippen molar-refractivity contribution in [3.63, 3.8) is 0 Å². The van der Waals surface area contributed by atoms with Gasteiger partial charge < -0.3 is 15.2 Å². The summed E-state index contributed by atoms with van der Waals surface area (Å²) in [6, 6.07) is 8.84. The van der Waals surface area contributed by atoms with Gasteiger partial charge in [0, 0.05) is 14.1 Å². The maximum atomic E-state index is 13.2. The highest BCUT2D eigenvalue weighted by Crippen LogP contribution is 2.36. The molecule has 29 heavy (non-hydrogen) atoms. The zero-order valence-corrected chi connectivity index (χ0v) is 16.9. The van der Waals surface area contributed by atoms with Crippen molar-refractivity contribution >= 4 is 23.7 Å². The number of aromatic nitrogens is 5. The minimum absolute atomic E-state index is 0.0507. The first kappa shape index (κ1) is 20.9. The van der Waals surface area contributed by atoms with Crippen LogP contribution in [-0.2, 0) is 6.54 Å². The molecule has 7 nitrogen and oxygen atoms in total. The van der Waals surface area contributed by atoms with Crippen molar-refractivity contribution in [1.82, 2.24) is 24.5 Å². The molecule has 0 bridgehead atoms. The van der Waals surface area contributed by atoms with Gasteiger partial charge >= 0.3 is 6.18 Å². The van der Waals surface area contributed by atoms with E-state index in [0.717, 1.165) is 16.3 Å². The van der Waals surface area contributed by atoms with E-state index in [-0.39, 0.29) is 11.1 Å². The van der Waals surface area contributed by atoms with Crippen molar-refractivity contribution in [2.75, 3.05) is 24.7 Å². The number of benzene rings is 1. The van der Waals surface area contributed by atoms with Crippen molar-refractivity contribution in [3.8, 4) is 11.3 Å². The molecule has 154 valence electrons. The van der Waals surface area contributed by atoms with Crippen molar-refractivity contribution in [2.45, 2.75) is 30.1 Å². The Bertz CT molecular complexity index is 973. The molecule has 0 aliphatic carbocycles. The maximum Gasteiger partial charge on any atom is 0.406 e. The van der Waals surface area contributed by atoms with Crippen LogP contribution in [0.2, 0.25) is 0 Å². The second kappa shape index (κ2) is 8.27. The van der Waals surface area contributed by atoms with E-state index in [1.54, 1.807) is 56.3 Å². The summed E-state index contributed by atoms with van der Waals surface area (Å²) in [6.45, 7) is 0.641. The van der Waals surface area contributed by atoms with Crippen molar-refractivity contribution < 1.29 is 13.2 Å². The molecule has 2 heterocycles. The summed E-state index contributed by atoms with van der Waals surface area (Å²) in [5.41, 5.74) is 6.80. The lowest BCUT2D eigenvalue weighted by molar-refractivity contribution is -0.141. The summed E-state index contributed by atoms with van der Waals surface area (Å²) in [7, 11) is 3.52. The van der Waals surface area contributed by atoms with Gasteiger partial charge in [-0.25, -0.2) is 4.98 Å². The first-order valence-corrected chi connectivity index (χ1v) is 9.55. The molecule has 0 fully saturated rings. The summed E-state index contributed by atoms with van der Waals surface area (Å²) in [4.78, 5) is 18.4. The molecule has 2 aromatic heterocycles. The molecule has 1 aromatic carbocycles. The summed E-state index contributed by atoms with van der Waals surface area (Å²) in [5.74, 6) is 0.798. The van der Waals surface area contributed by atoms with Gasteiger partial charge in [-0.1, -0.05) is 42.1 Å². The lowest BCUT2D eigenvalue weighted by Crippen LogP contribution is -2.19. The fourth-order valence-corrected chi connectivity index (χ4v) is 3.54. The summed E-state index contributed by atoms with van der Waals surface area (Å²) in [6.07, 6.45) is -2.94. The number of rotatable bonds is 6. The number of nitrogens with zero attached hydrogens (tertiary/aromatic N) is 6. The Balaban J connectivity index is 1.96. The van der Waals surface area contributed by atoms with Gasteiger partial charge in [0.15, 0.2) is 5.16 Å². The van der Waals surface area contributed by atoms with Gasteiger partial charge in [0.1, 0.15) is 12.4 Å². The highest BCUT2D eigenvalue weighted by atomic mass is 32.2. The first-order valence-electron chi connectivity index (χ1n) is 8.67. The van der Waals surface area contributed by atoms with Gasteiger partial charge in [-0.05, 0) is 12.5 Å². The fraction of sp³-hybridized carbons (Fsp3) is 0.333. The SMILES string of the molecule is CC(Sc1ncc(-c2ccccc2)n1CC(F)(F)F)c1nc(N)nc(N(C)C)n1. The van der Waals surface area contributed by atoms with Crippen LogP contribution in [-0.4, -0.2) is 44.8 Å². The second-order valence-corrected chi connectivity index (χ2v) is 7.81. The van der Waals surface area contributed by atoms with E-state index >= 15 is 0 Å². The highest BCUT2D eigenvalue weighted by molar-refractivity contribution is 7.99. The number of thioether (sulfide) groups is 1. The molecule has 0 saturated heterocycles. The van der Waals surface area contributed by atoms with E-state index in [1.165, 1.54) is 6.20 Å². The van der Waals surface area contributed by atoms with Crippen LogP contribution in [0.4, 0.5) is 25.1 Å². The standard InChI is InChI=1S/C18H20F3N7S/c1-11(14-24-15(22)26-16(25-14)27(2)3)29-17-23-9-13(12-7-5-4-6-8-12)28(17)10-18(19,20)21/h4-9,11H,10H2,1-3H3,(H2,22,24,25,26). The third-order valence-electron chi connectivity index (χ3n) is 3.93. The minimum atomic E-state index is -4.39. The Morgan fingerprint density at radius 2 is 1.83 bits per heavy atom. The Hall–Kier alpha value is -2.82. The summed E-state index contributed by atoms with van der Waals surface area (Å²) >= 11 is 1.13. The average Bonchev–Trinajstić information content (AvgIpc) is 3.02. The maximum absolute atomic E-state index is 13.2. The second-order valence-electron chi connectivity index (χ2n) is 6.50. The van der Waals surface area contributed by atoms with Crippen LogP contribution in [0.25, 0.3) is 11.3 Å². The minimum Gasteiger partial charge on any atom is -0.368 e. The molecular weight excluding hydrogens is 403 g/mol. The molecule has 1 unspecified atom stereocenters. The number of alkyl halides is 3. The van der Waals surface area contributed by atoms with Crippen molar-refractivity contribution in [2.24, 2.45) is 0 Å². The van der Waals surface area contributed by atoms with E-state index in [4.69, 9.17) is 5.73 Å². The molecule has 2 N–H and O–H groups in total. The Kier molecular flexibility index (Phi) is 5.96. The predicted molar refractivity (Wildman–Crippen MR) is 107 cm³/mol. The van der Waals surface area contributed by atoms with Gasteiger partial charge in [-0.2, -0.15) is 28.1 Å². The number of imidazole rings is 1. The Morgan fingerprint density at radius 1 is 1.14 bits per heavy atom. The smallest absolute Gasteiger partial charge is 0.368 e. The number of hydrogen-bond acceptors (Lipinski definition) is 7. The van der Waals surface area contributed by atoms with E-state index in [0.29, 0.717) is 23.0 Å². The molecule has 11 heteroatoms. The largest absolute Gasteiger partial charge is 0.406 e. The molecule has 0 saturated carbocycles. The van der Waals surface area contributed by atoms with Crippen LogP contribution in [0.5, 0.6) is 0 Å². The average molecular weight is 423 g/mol. The Labute approximate surface area is 170 Å². The van der Waals surface area contributed by atoms with Gasteiger partial charge in [0.05, 0.1) is 17.1 Å². The van der Waals surface area contributed by atoms with Crippen LogP contribution in [0.15, 0.2) is 41.7 Å². The molecule has 0 amide bonds. The molecule has 0 spiro atoms. The monoisotopic (exact) mass is 423 g/mol. The normalized spacial score (nSPS) is 12.8. The molecule has 0 aliphatic heterocycles. The lowest BCUT2D eigenvalue weighted by Gasteiger charge is -2.17. The number of halogens is 3.